The van der Waals surface area contributed by atoms with E-state index in [0.29, 0.717) is 5.89 Å². The zero-order valence-corrected chi connectivity index (χ0v) is 11.9. The maximum atomic E-state index is 5.38. The standard InChI is InChI=1S/C13H20N6O/c1-3-11(19-6-4-14-5-7-19)12-16-13(20-17-12)10-8-15-18(2)9-10/h8-9,11,14H,3-7H2,1-2H3. The normalized spacial score (nSPS) is 18.3. The van der Waals surface area contributed by atoms with Gasteiger partial charge in [-0.2, -0.15) is 10.1 Å². The van der Waals surface area contributed by atoms with Crippen LogP contribution in [0.5, 0.6) is 0 Å². The van der Waals surface area contributed by atoms with E-state index >= 15 is 0 Å². The largest absolute Gasteiger partial charge is 0.334 e. The minimum atomic E-state index is 0.228. The van der Waals surface area contributed by atoms with Gasteiger partial charge >= 0.3 is 0 Å². The van der Waals surface area contributed by atoms with Crippen LogP contribution in [0.15, 0.2) is 16.9 Å². The SMILES string of the molecule is CCC(c1noc(-c2cnn(C)c2)n1)N1CCNCC1. The van der Waals surface area contributed by atoms with Crippen LogP contribution >= 0.6 is 0 Å². The average Bonchev–Trinajstić information content (AvgIpc) is 3.10. The minimum absolute atomic E-state index is 0.228. The van der Waals surface area contributed by atoms with E-state index in [-0.39, 0.29) is 6.04 Å². The van der Waals surface area contributed by atoms with Crippen molar-refractivity contribution in [3.05, 3.63) is 18.2 Å². The van der Waals surface area contributed by atoms with Gasteiger partial charge in [-0.1, -0.05) is 12.1 Å². The van der Waals surface area contributed by atoms with Crippen molar-refractivity contribution in [1.82, 2.24) is 30.1 Å². The van der Waals surface area contributed by atoms with Gasteiger partial charge in [-0.25, -0.2) is 0 Å². The number of hydrogen-bond donors (Lipinski definition) is 1. The molecule has 7 nitrogen and oxygen atoms in total. The van der Waals surface area contributed by atoms with Crippen molar-refractivity contribution in [3.63, 3.8) is 0 Å². The van der Waals surface area contributed by atoms with Gasteiger partial charge in [-0.05, 0) is 6.42 Å². The van der Waals surface area contributed by atoms with Gasteiger partial charge in [0.2, 0.25) is 0 Å². The highest BCUT2D eigenvalue weighted by Crippen LogP contribution is 2.24. The molecule has 7 heteroatoms. The molecule has 0 aromatic carbocycles. The minimum Gasteiger partial charge on any atom is -0.334 e. The molecule has 1 saturated heterocycles. The highest BCUT2D eigenvalue weighted by atomic mass is 16.5. The molecule has 0 spiro atoms. The van der Waals surface area contributed by atoms with Crippen LogP contribution in [0.3, 0.4) is 0 Å². The molecule has 2 aromatic rings. The van der Waals surface area contributed by atoms with Crippen LogP contribution in [0.4, 0.5) is 0 Å². The first-order chi connectivity index (χ1) is 9.78. The summed E-state index contributed by atoms with van der Waals surface area (Å²) in [5.74, 6) is 1.31. The van der Waals surface area contributed by atoms with Crippen LogP contribution in [0.2, 0.25) is 0 Å². The molecule has 1 atom stereocenters. The van der Waals surface area contributed by atoms with Crippen LogP contribution in [-0.2, 0) is 7.05 Å². The number of hydrogen-bond acceptors (Lipinski definition) is 6. The van der Waals surface area contributed by atoms with Gasteiger partial charge in [-0.15, -0.1) is 0 Å². The molecule has 1 fully saturated rings. The van der Waals surface area contributed by atoms with E-state index < -0.39 is 0 Å². The summed E-state index contributed by atoms with van der Waals surface area (Å²) in [5, 5.41) is 11.7. The fourth-order valence-electron chi connectivity index (χ4n) is 2.62. The highest BCUT2D eigenvalue weighted by molar-refractivity contribution is 5.49. The third-order valence-corrected chi connectivity index (χ3v) is 3.67. The number of rotatable bonds is 4. The lowest BCUT2D eigenvalue weighted by molar-refractivity contribution is 0.160. The highest BCUT2D eigenvalue weighted by Gasteiger charge is 2.25. The van der Waals surface area contributed by atoms with Crippen LogP contribution in [0.25, 0.3) is 11.5 Å². The molecule has 0 aliphatic carbocycles. The van der Waals surface area contributed by atoms with Crippen LogP contribution in [0.1, 0.15) is 25.2 Å². The van der Waals surface area contributed by atoms with Gasteiger partial charge < -0.3 is 9.84 Å². The lowest BCUT2D eigenvalue weighted by Gasteiger charge is -2.32. The quantitative estimate of drug-likeness (QED) is 0.891. The van der Waals surface area contributed by atoms with Gasteiger partial charge in [0.15, 0.2) is 5.82 Å². The Labute approximate surface area is 118 Å². The van der Waals surface area contributed by atoms with Gasteiger partial charge in [0.25, 0.3) is 5.89 Å². The molecule has 1 aliphatic heterocycles. The molecule has 0 amide bonds. The third kappa shape index (κ3) is 2.59. The second-order valence-electron chi connectivity index (χ2n) is 5.07. The Morgan fingerprint density at radius 3 is 2.85 bits per heavy atom. The Morgan fingerprint density at radius 2 is 2.20 bits per heavy atom. The molecule has 1 unspecified atom stereocenters. The van der Waals surface area contributed by atoms with Crippen molar-refractivity contribution < 1.29 is 4.52 Å². The van der Waals surface area contributed by atoms with Gasteiger partial charge in [-0.3, -0.25) is 9.58 Å². The van der Waals surface area contributed by atoms with E-state index in [1.165, 1.54) is 0 Å². The van der Waals surface area contributed by atoms with E-state index in [1.54, 1.807) is 10.9 Å². The van der Waals surface area contributed by atoms with Crippen LogP contribution < -0.4 is 5.32 Å². The molecular formula is C13H20N6O. The average molecular weight is 276 g/mol. The lowest BCUT2D eigenvalue weighted by atomic mass is 10.1. The maximum absolute atomic E-state index is 5.38. The van der Waals surface area contributed by atoms with Crippen molar-refractivity contribution >= 4 is 0 Å². The molecule has 0 bridgehead atoms. The summed E-state index contributed by atoms with van der Waals surface area (Å²) in [7, 11) is 1.87. The maximum Gasteiger partial charge on any atom is 0.261 e. The van der Waals surface area contributed by atoms with Gasteiger partial charge in [0.05, 0.1) is 17.8 Å². The van der Waals surface area contributed by atoms with E-state index in [0.717, 1.165) is 44.0 Å². The zero-order valence-electron chi connectivity index (χ0n) is 11.9. The number of piperazine rings is 1. The summed E-state index contributed by atoms with van der Waals surface area (Å²) in [6.45, 7) is 6.24. The molecule has 20 heavy (non-hydrogen) atoms. The molecule has 0 radical (unpaired) electrons. The van der Waals surface area contributed by atoms with E-state index in [1.807, 2.05) is 13.2 Å². The predicted molar refractivity (Wildman–Crippen MR) is 74.0 cm³/mol. The second-order valence-corrected chi connectivity index (χ2v) is 5.07. The number of aryl methyl sites for hydroxylation is 1. The second kappa shape index (κ2) is 5.72. The van der Waals surface area contributed by atoms with Crippen molar-refractivity contribution in [3.8, 4) is 11.5 Å². The summed E-state index contributed by atoms with van der Waals surface area (Å²) >= 11 is 0. The first kappa shape index (κ1) is 13.3. The Bertz CT molecular complexity index is 557. The molecule has 3 heterocycles. The van der Waals surface area contributed by atoms with Gasteiger partial charge in [0.1, 0.15) is 0 Å². The molecule has 1 aliphatic rings. The molecule has 3 rings (SSSR count). The summed E-state index contributed by atoms with van der Waals surface area (Å²) in [5.41, 5.74) is 0.862. The Kier molecular flexibility index (Phi) is 3.79. The zero-order chi connectivity index (χ0) is 13.9. The van der Waals surface area contributed by atoms with Crippen LogP contribution in [-0.4, -0.2) is 51.0 Å². The molecular weight excluding hydrogens is 256 g/mol. The molecule has 108 valence electrons. The molecule has 1 N–H and O–H groups in total. The fraction of sp³-hybridized carbons (Fsp3) is 0.615. The Balaban J connectivity index is 1.80. The summed E-state index contributed by atoms with van der Waals surface area (Å²) in [4.78, 5) is 6.96. The first-order valence-electron chi connectivity index (χ1n) is 7.05. The van der Waals surface area contributed by atoms with Crippen molar-refractivity contribution in [2.24, 2.45) is 7.05 Å². The lowest BCUT2D eigenvalue weighted by Crippen LogP contribution is -2.45. The monoisotopic (exact) mass is 276 g/mol. The van der Waals surface area contributed by atoms with E-state index in [2.05, 4.69) is 32.4 Å². The van der Waals surface area contributed by atoms with E-state index in [9.17, 15) is 0 Å². The summed E-state index contributed by atoms with van der Waals surface area (Å²) in [6.07, 6.45) is 4.60. The number of aromatic nitrogens is 4. The summed E-state index contributed by atoms with van der Waals surface area (Å²) < 4.78 is 7.11. The third-order valence-electron chi connectivity index (χ3n) is 3.67. The van der Waals surface area contributed by atoms with Crippen molar-refractivity contribution in [2.45, 2.75) is 19.4 Å². The van der Waals surface area contributed by atoms with E-state index in [4.69, 9.17) is 4.52 Å². The molecule has 0 saturated carbocycles. The Morgan fingerprint density at radius 1 is 1.40 bits per heavy atom. The van der Waals surface area contributed by atoms with Crippen molar-refractivity contribution in [1.29, 1.82) is 0 Å². The fourth-order valence-corrected chi connectivity index (χ4v) is 2.62. The smallest absolute Gasteiger partial charge is 0.261 e. The topological polar surface area (TPSA) is 72.0 Å². The number of nitrogens with one attached hydrogen (secondary N) is 1. The Hall–Kier alpha value is -1.73. The predicted octanol–water partition coefficient (Wildman–Crippen LogP) is 0.826. The number of nitrogens with zero attached hydrogens (tertiary/aromatic N) is 5. The van der Waals surface area contributed by atoms with Crippen LogP contribution in [0, 0.1) is 0 Å². The van der Waals surface area contributed by atoms with Crippen molar-refractivity contribution in [2.75, 3.05) is 26.2 Å². The molecule has 2 aromatic heterocycles. The first-order valence-corrected chi connectivity index (χ1v) is 7.05. The summed E-state index contributed by atoms with van der Waals surface area (Å²) in [6, 6.07) is 0.228. The van der Waals surface area contributed by atoms with Gasteiger partial charge in [0, 0.05) is 39.4 Å².